The highest BCUT2D eigenvalue weighted by Gasteiger charge is 2.18. The first-order chi connectivity index (χ1) is 28.3. The molecular weight excluding hydrogens is 762 g/mol. The number of aromatic nitrogens is 7. The topological polar surface area (TPSA) is 235 Å². The molecule has 0 aliphatic heterocycles. The van der Waals surface area contributed by atoms with Crippen LogP contribution in [0, 0.1) is 6.92 Å². The zero-order valence-electron chi connectivity index (χ0n) is 31.4. The lowest BCUT2D eigenvalue weighted by atomic mass is 9.98. The summed E-state index contributed by atoms with van der Waals surface area (Å²) in [6.45, 7) is 4.78. The molecule has 0 bridgehead atoms. The smallest absolute Gasteiger partial charge is 0.274 e. The van der Waals surface area contributed by atoms with Gasteiger partial charge in [0.1, 0.15) is 11.4 Å². The van der Waals surface area contributed by atoms with Crippen molar-refractivity contribution >= 4 is 52.5 Å². The van der Waals surface area contributed by atoms with Gasteiger partial charge in [0, 0.05) is 49.8 Å². The van der Waals surface area contributed by atoms with E-state index in [9.17, 15) is 9.59 Å². The highest BCUT2D eigenvalue weighted by molar-refractivity contribution is 6.36. The van der Waals surface area contributed by atoms with Gasteiger partial charge in [0.2, 0.25) is 17.7 Å². The number of nitrogens with one attached hydrogen (secondary N) is 5. The molecule has 0 radical (unpaired) electrons. The summed E-state index contributed by atoms with van der Waals surface area (Å²) in [7, 11) is 0. The Morgan fingerprint density at radius 1 is 0.793 bits per heavy atom. The Kier molecular flexibility index (Phi) is 12.5. The maximum absolute atomic E-state index is 13.3. The third kappa shape index (κ3) is 9.42. The van der Waals surface area contributed by atoms with Gasteiger partial charge in [0.05, 0.1) is 23.6 Å². The second-order valence-corrected chi connectivity index (χ2v) is 13.4. The SMILES string of the molecule is Cc1c(NC(=O)c2ccc(CNCCCNc3nc(N)n4nc(-c5ccco5)nc4n3)cn2)cccc1-c1cccc(NC(=O)c2ccc(CNCCO)cn2)c1Cl. The number of benzene rings is 2. The molecule has 5 heterocycles. The number of nitrogens with two attached hydrogens (primary N) is 1. The van der Waals surface area contributed by atoms with Gasteiger partial charge in [-0.2, -0.15) is 19.5 Å². The van der Waals surface area contributed by atoms with Crippen molar-refractivity contribution in [1.82, 2.24) is 45.2 Å². The molecule has 7 aromatic rings. The van der Waals surface area contributed by atoms with Crippen molar-refractivity contribution in [2.45, 2.75) is 26.4 Å². The second kappa shape index (κ2) is 18.4. The zero-order chi connectivity index (χ0) is 40.4. The molecule has 2 aromatic carbocycles. The monoisotopic (exact) mass is 801 g/mol. The van der Waals surface area contributed by atoms with Crippen molar-refractivity contribution in [2.24, 2.45) is 0 Å². The Morgan fingerprint density at radius 2 is 1.47 bits per heavy atom. The highest BCUT2D eigenvalue weighted by Crippen LogP contribution is 2.37. The minimum atomic E-state index is -0.407. The largest absolute Gasteiger partial charge is 0.461 e. The standard InChI is InChI=1S/C40H40ClN13O4/c1-24-27(28-7-3-9-30(34(28)41)49-37(57)32-14-12-26(23-47-32)21-44-17-18-55)6-2-8-29(24)48-36(56)31-13-11-25(22-46-31)20-43-15-5-16-45-39-51-38(42)54-40(52-39)50-35(53-54)33-10-4-19-58-33/h2-4,6-14,19,22-23,43-44,55H,5,15-18,20-21H2,1H3,(H,48,56)(H,49,57)(H3,42,45,50,51,52,53). The predicted octanol–water partition coefficient (Wildman–Crippen LogP) is 4.96. The average Bonchev–Trinajstić information content (AvgIpc) is 3.93. The number of aliphatic hydroxyl groups excluding tert-OH is 1. The fourth-order valence-corrected chi connectivity index (χ4v) is 6.23. The number of halogens is 1. The van der Waals surface area contributed by atoms with Crippen LogP contribution in [0.15, 0.2) is 95.9 Å². The number of rotatable bonds is 17. The molecule has 17 nitrogen and oxygen atoms in total. The van der Waals surface area contributed by atoms with E-state index in [4.69, 9.17) is 26.9 Å². The van der Waals surface area contributed by atoms with Crippen molar-refractivity contribution in [3.05, 3.63) is 125 Å². The van der Waals surface area contributed by atoms with E-state index in [-0.39, 0.29) is 29.9 Å². The zero-order valence-corrected chi connectivity index (χ0v) is 32.1. The van der Waals surface area contributed by atoms with E-state index in [1.807, 2.05) is 37.3 Å². The Balaban J connectivity index is 0.891. The van der Waals surface area contributed by atoms with Gasteiger partial charge in [0.25, 0.3) is 17.6 Å². The number of hydrogen-bond donors (Lipinski definition) is 7. The molecular formula is C40H40ClN13O4. The molecule has 8 N–H and O–H groups in total. The Hall–Kier alpha value is -6.79. The second-order valence-electron chi connectivity index (χ2n) is 13.0. The number of carbonyl (C=O) groups excluding carboxylic acids is 2. The number of furan rings is 1. The molecule has 0 aliphatic rings. The van der Waals surface area contributed by atoms with Gasteiger partial charge in [-0.25, -0.2) is 0 Å². The summed E-state index contributed by atoms with van der Waals surface area (Å²) in [5.74, 6) is 0.928. The molecule has 0 saturated heterocycles. The molecule has 0 spiro atoms. The number of aliphatic hydroxyl groups is 1. The van der Waals surface area contributed by atoms with Crippen LogP contribution in [0.25, 0.3) is 28.5 Å². The summed E-state index contributed by atoms with van der Waals surface area (Å²) in [5.41, 5.74) is 11.7. The van der Waals surface area contributed by atoms with Crippen molar-refractivity contribution in [2.75, 3.05) is 47.9 Å². The van der Waals surface area contributed by atoms with Crippen LogP contribution < -0.4 is 32.3 Å². The third-order valence-electron chi connectivity index (χ3n) is 8.97. The summed E-state index contributed by atoms with van der Waals surface area (Å²) >= 11 is 6.85. The van der Waals surface area contributed by atoms with Gasteiger partial charge in [-0.15, -0.1) is 5.10 Å². The maximum atomic E-state index is 13.3. The third-order valence-corrected chi connectivity index (χ3v) is 9.38. The first-order valence-corrected chi connectivity index (χ1v) is 18.8. The molecule has 296 valence electrons. The van der Waals surface area contributed by atoms with Gasteiger partial charge in [0.15, 0.2) is 5.76 Å². The Bertz CT molecular complexity index is 2510. The van der Waals surface area contributed by atoms with Crippen LogP contribution in [0.3, 0.4) is 0 Å². The van der Waals surface area contributed by atoms with Crippen LogP contribution >= 0.6 is 11.6 Å². The van der Waals surface area contributed by atoms with Crippen molar-refractivity contribution < 1.29 is 19.1 Å². The molecule has 18 heteroatoms. The lowest BCUT2D eigenvalue weighted by molar-refractivity contribution is 0.101. The lowest BCUT2D eigenvalue weighted by Gasteiger charge is -2.16. The minimum absolute atomic E-state index is 0.0379. The fourth-order valence-electron chi connectivity index (χ4n) is 5.95. The van der Waals surface area contributed by atoms with Crippen LogP contribution in [-0.2, 0) is 13.1 Å². The van der Waals surface area contributed by atoms with E-state index in [2.05, 4.69) is 56.6 Å². The summed E-state index contributed by atoms with van der Waals surface area (Å²) in [4.78, 5) is 48.0. The Labute approximate surface area is 337 Å². The van der Waals surface area contributed by atoms with E-state index in [0.717, 1.165) is 28.7 Å². The first-order valence-electron chi connectivity index (χ1n) is 18.4. The normalized spacial score (nSPS) is 11.2. The summed E-state index contributed by atoms with van der Waals surface area (Å²) in [6.07, 6.45) is 5.60. The number of nitrogens with zero attached hydrogens (tertiary/aromatic N) is 7. The molecule has 5 aromatic heterocycles. The number of amides is 2. The highest BCUT2D eigenvalue weighted by atomic mass is 35.5. The molecule has 0 aliphatic carbocycles. The summed E-state index contributed by atoms with van der Waals surface area (Å²) in [6, 6.07) is 21.4. The van der Waals surface area contributed by atoms with Crippen molar-refractivity contribution in [3.63, 3.8) is 0 Å². The van der Waals surface area contributed by atoms with Crippen LogP contribution in [0.1, 0.15) is 44.1 Å². The maximum Gasteiger partial charge on any atom is 0.274 e. The quantitative estimate of drug-likeness (QED) is 0.0604. The van der Waals surface area contributed by atoms with Crippen LogP contribution in [0.2, 0.25) is 5.02 Å². The van der Waals surface area contributed by atoms with Crippen LogP contribution in [-0.4, -0.2) is 77.7 Å². The number of carbonyl (C=O) groups is 2. The first kappa shape index (κ1) is 39.4. The van der Waals surface area contributed by atoms with E-state index >= 15 is 0 Å². The number of fused-ring (bicyclic) bond motifs is 1. The summed E-state index contributed by atoms with van der Waals surface area (Å²) in [5, 5.41) is 29.0. The van der Waals surface area contributed by atoms with Crippen LogP contribution in [0.5, 0.6) is 0 Å². The van der Waals surface area contributed by atoms with E-state index in [1.165, 1.54) is 4.52 Å². The predicted molar refractivity (Wildman–Crippen MR) is 220 cm³/mol. The van der Waals surface area contributed by atoms with E-state index < -0.39 is 5.91 Å². The molecule has 0 atom stereocenters. The molecule has 0 saturated carbocycles. The van der Waals surface area contributed by atoms with Gasteiger partial charge < -0.3 is 41.8 Å². The van der Waals surface area contributed by atoms with E-state index in [1.54, 1.807) is 61.1 Å². The van der Waals surface area contributed by atoms with Gasteiger partial charge in [-0.05, 0) is 78.5 Å². The minimum Gasteiger partial charge on any atom is -0.461 e. The van der Waals surface area contributed by atoms with Crippen molar-refractivity contribution in [1.29, 1.82) is 0 Å². The molecule has 2 amide bonds. The van der Waals surface area contributed by atoms with Crippen molar-refractivity contribution in [3.8, 4) is 22.7 Å². The average molecular weight is 802 g/mol. The molecule has 58 heavy (non-hydrogen) atoms. The van der Waals surface area contributed by atoms with E-state index in [0.29, 0.717) is 78.0 Å². The number of pyridine rings is 2. The number of anilines is 4. The lowest BCUT2D eigenvalue weighted by Crippen LogP contribution is -2.19. The molecule has 0 fully saturated rings. The fraction of sp³-hybridized carbons (Fsp3) is 0.200. The number of hydrogen-bond acceptors (Lipinski definition) is 14. The molecule has 7 rings (SSSR count). The molecule has 0 unspecified atom stereocenters. The number of nitrogen functional groups attached to an aromatic ring is 1. The van der Waals surface area contributed by atoms with Crippen LogP contribution in [0.4, 0.5) is 23.3 Å². The van der Waals surface area contributed by atoms with Gasteiger partial charge >= 0.3 is 0 Å². The van der Waals surface area contributed by atoms with Gasteiger partial charge in [-0.3, -0.25) is 19.6 Å². The summed E-state index contributed by atoms with van der Waals surface area (Å²) < 4.78 is 6.71. The van der Waals surface area contributed by atoms with Gasteiger partial charge in [-0.1, -0.05) is 48.0 Å². The Morgan fingerprint density at radius 3 is 2.12 bits per heavy atom.